The van der Waals surface area contributed by atoms with E-state index in [1.807, 2.05) is 0 Å². The summed E-state index contributed by atoms with van der Waals surface area (Å²) in [6.45, 7) is 8.26. The average molecular weight is 196 g/mol. The molecule has 1 saturated heterocycles. The molecular weight excluding hydrogens is 172 g/mol. The largest absolute Gasteiger partial charge is 0.314 e. The van der Waals surface area contributed by atoms with Crippen LogP contribution in [0.25, 0.3) is 0 Å². The van der Waals surface area contributed by atoms with Crippen molar-refractivity contribution < 1.29 is 0 Å². The Morgan fingerprint density at radius 1 is 1.50 bits per heavy atom. The van der Waals surface area contributed by atoms with Gasteiger partial charge in [-0.25, -0.2) is 0 Å². The monoisotopic (exact) mass is 196 g/mol. The molecule has 0 aromatic rings. The predicted molar refractivity (Wildman–Crippen MR) is 60.4 cm³/mol. The second-order valence-corrected chi connectivity index (χ2v) is 5.84. The van der Waals surface area contributed by atoms with E-state index in [-0.39, 0.29) is 0 Å². The first-order valence-corrected chi connectivity index (χ1v) is 6.07. The van der Waals surface area contributed by atoms with E-state index in [0.29, 0.717) is 11.5 Å². The van der Waals surface area contributed by atoms with Gasteiger partial charge in [0.2, 0.25) is 0 Å². The molecule has 2 rings (SSSR count). The van der Waals surface area contributed by atoms with Crippen LogP contribution < -0.4 is 10.6 Å². The van der Waals surface area contributed by atoms with Crippen LogP contribution >= 0.6 is 0 Å². The van der Waals surface area contributed by atoms with Crippen LogP contribution in [0.15, 0.2) is 0 Å². The van der Waals surface area contributed by atoms with Crippen molar-refractivity contribution in [3.05, 3.63) is 0 Å². The molecule has 0 amide bonds. The summed E-state index contributed by atoms with van der Waals surface area (Å²) in [5, 5.41) is 7.29. The van der Waals surface area contributed by atoms with E-state index in [1.54, 1.807) is 0 Å². The molecule has 0 aromatic heterocycles. The van der Waals surface area contributed by atoms with Crippen LogP contribution in [0, 0.1) is 5.41 Å². The second-order valence-electron chi connectivity index (χ2n) is 5.84. The zero-order chi connectivity index (χ0) is 10.2. The Bertz CT molecular complexity index is 188. The Labute approximate surface area is 87.8 Å². The van der Waals surface area contributed by atoms with E-state index in [0.717, 1.165) is 12.1 Å². The summed E-state index contributed by atoms with van der Waals surface area (Å²) in [6, 6.07) is 2.23. The lowest BCUT2D eigenvalue weighted by Crippen LogP contribution is -2.36. The molecule has 14 heavy (non-hydrogen) atoms. The van der Waals surface area contributed by atoms with E-state index in [9.17, 15) is 0 Å². The zero-order valence-corrected chi connectivity index (χ0v) is 9.77. The van der Waals surface area contributed by atoms with Gasteiger partial charge in [0.1, 0.15) is 0 Å². The average Bonchev–Trinajstić information content (AvgIpc) is 2.49. The van der Waals surface area contributed by atoms with E-state index in [4.69, 9.17) is 0 Å². The Balaban J connectivity index is 1.66. The third-order valence-electron chi connectivity index (χ3n) is 3.80. The number of nitrogens with one attached hydrogen (secondary N) is 2. The summed E-state index contributed by atoms with van der Waals surface area (Å²) in [5.41, 5.74) is 0.567. The van der Waals surface area contributed by atoms with Gasteiger partial charge in [0.05, 0.1) is 0 Å². The maximum atomic E-state index is 3.73. The van der Waals surface area contributed by atoms with E-state index in [2.05, 4.69) is 31.4 Å². The molecule has 0 radical (unpaired) electrons. The molecule has 2 aliphatic rings. The fourth-order valence-electron chi connectivity index (χ4n) is 2.55. The highest BCUT2D eigenvalue weighted by Crippen LogP contribution is 2.44. The summed E-state index contributed by atoms with van der Waals surface area (Å²) in [4.78, 5) is 0. The highest BCUT2D eigenvalue weighted by molar-refractivity contribution is 5.02. The lowest BCUT2D eigenvalue weighted by Gasteiger charge is -2.19. The minimum atomic E-state index is 0.567. The summed E-state index contributed by atoms with van der Waals surface area (Å²) in [5.74, 6) is 0. The van der Waals surface area contributed by atoms with Gasteiger partial charge in [0.25, 0.3) is 0 Å². The highest BCUT2D eigenvalue weighted by Gasteiger charge is 2.45. The van der Waals surface area contributed by atoms with Gasteiger partial charge in [0.15, 0.2) is 0 Å². The maximum Gasteiger partial charge on any atom is 0.0127 e. The highest BCUT2D eigenvalue weighted by atomic mass is 15.0. The molecule has 1 aliphatic heterocycles. The van der Waals surface area contributed by atoms with Crippen LogP contribution in [-0.4, -0.2) is 24.7 Å². The van der Waals surface area contributed by atoms with Gasteiger partial charge in [-0.05, 0) is 44.6 Å². The molecule has 82 valence electrons. The molecule has 1 aliphatic carbocycles. The standard InChI is InChI=1S/C12H24N2/c1-9(7-10-5-4-6-13-10)14-11-8-12(11,2)3/h9-11,13-14H,4-8H2,1-3H3. The number of hydrogen-bond acceptors (Lipinski definition) is 2. The molecule has 0 bridgehead atoms. The molecule has 2 heteroatoms. The Morgan fingerprint density at radius 2 is 2.21 bits per heavy atom. The van der Waals surface area contributed by atoms with Gasteiger partial charge in [0, 0.05) is 18.1 Å². The number of hydrogen-bond donors (Lipinski definition) is 2. The van der Waals surface area contributed by atoms with Crippen molar-refractivity contribution in [2.45, 2.75) is 64.6 Å². The molecular formula is C12H24N2. The van der Waals surface area contributed by atoms with E-state index < -0.39 is 0 Å². The van der Waals surface area contributed by atoms with Crippen LogP contribution in [0.2, 0.25) is 0 Å². The fourth-order valence-corrected chi connectivity index (χ4v) is 2.55. The molecule has 2 N–H and O–H groups in total. The predicted octanol–water partition coefficient (Wildman–Crippen LogP) is 1.91. The van der Waals surface area contributed by atoms with Crippen molar-refractivity contribution in [3.8, 4) is 0 Å². The summed E-state index contributed by atoms with van der Waals surface area (Å²) in [7, 11) is 0. The third-order valence-corrected chi connectivity index (χ3v) is 3.80. The summed E-state index contributed by atoms with van der Waals surface area (Å²) < 4.78 is 0. The lowest BCUT2D eigenvalue weighted by molar-refractivity contribution is 0.415. The second kappa shape index (κ2) is 3.82. The zero-order valence-electron chi connectivity index (χ0n) is 9.77. The normalized spacial score (nSPS) is 37.1. The first-order valence-electron chi connectivity index (χ1n) is 6.07. The van der Waals surface area contributed by atoms with Gasteiger partial charge in [-0.15, -0.1) is 0 Å². The van der Waals surface area contributed by atoms with Crippen molar-refractivity contribution in [1.82, 2.24) is 10.6 Å². The van der Waals surface area contributed by atoms with Gasteiger partial charge in [-0.3, -0.25) is 0 Å². The molecule has 3 atom stereocenters. The van der Waals surface area contributed by atoms with Gasteiger partial charge in [-0.2, -0.15) is 0 Å². The van der Waals surface area contributed by atoms with Gasteiger partial charge < -0.3 is 10.6 Å². The first kappa shape index (κ1) is 10.4. The van der Waals surface area contributed by atoms with Crippen LogP contribution in [0.5, 0.6) is 0 Å². The van der Waals surface area contributed by atoms with Crippen molar-refractivity contribution in [3.63, 3.8) is 0 Å². The van der Waals surface area contributed by atoms with Crippen LogP contribution in [-0.2, 0) is 0 Å². The van der Waals surface area contributed by atoms with Crippen molar-refractivity contribution >= 4 is 0 Å². The van der Waals surface area contributed by atoms with Gasteiger partial charge >= 0.3 is 0 Å². The van der Waals surface area contributed by atoms with Crippen molar-refractivity contribution in [1.29, 1.82) is 0 Å². The third kappa shape index (κ3) is 2.48. The van der Waals surface area contributed by atoms with Crippen molar-refractivity contribution in [2.24, 2.45) is 5.41 Å². The molecule has 2 nitrogen and oxygen atoms in total. The first-order chi connectivity index (χ1) is 6.58. The Kier molecular flexibility index (Phi) is 2.85. The maximum absolute atomic E-state index is 3.73. The van der Waals surface area contributed by atoms with Crippen LogP contribution in [0.3, 0.4) is 0 Å². The number of rotatable bonds is 4. The minimum Gasteiger partial charge on any atom is -0.314 e. The lowest BCUT2D eigenvalue weighted by atomic mass is 10.1. The van der Waals surface area contributed by atoms with E-state index in [1.165, 1.54) is 32.2 Å². The van der Waals surface area contributed by atoms with Crippen LogP contribution in [0.1, 0.15) is 46.5 Å². The Morgan fingerprint density at radius 3 is 2.71 bits per heavy atom. The SMILES string of the molecule is CC(CC1CCCN1)NC1CC1(C)C. The van der Waals surface area contributed by atoms with E-state index >= 15 is 0 Å². The fraction of sp³-hybridized carbons (Fsp3) is 1.00. The Hall–Kier alpha value is -0.0800. The minimum absolute atomic E-state index is 0.567. The quantitative estimate of drug-likeness (QED) is 0.717. The summed E-state index contributed by atoms with van der Waals surface area (Å²) in [6.07, 6.45) is 5.40. The molecule has 3 unspecified atom stereocenters. The molecule has 0 aromatic carbocycles. The molecule has 1 heterocycles. The molecule has 2 fully saturated rings. The van der Waals surface area contributed by atoms with Crippen LogP contribution in [0.4, 0.5) is 0 Å². The molecule has 0 spiro atoms. The summed E-state index contributed by atoms with van der Waals surface area (Å²) >= 11 is 0. The smallest absolute Gasteiger partial charge is 0.0127 e. The van der Waals surface area contributed by atoms with Crippen molar-refractivity contribution in [2.75, 3.05) is 6.54 Å². The topological polar surface area (TPSA) is 24.1 Å². The van der Waals surface area contributed by atoms with Gasteiger partial charge in [-0.1, -0.05) is 13.8 Å². The molecule has 1 saturated carbocycles.